The molecule has 2 rings (SSSR count). The van der Waals surface area contributed by atoms with Gasteiger partial charge in [0.05, 0.1) is 6.54 Å². The van der Waals surface area contributed by atoms with E-state index >= 15 is 0 Å². The largest absolute Gasteiger partial charge is 0.362 e. The Morgan fingerprint density at radius 2 is 2.33 bits per heavy atom. The molecule has 0 saturated carbocycles. The van der Waals surface area contributed by atoms with Crippen molar-refractivity contribution in [2.45, 2.75) is 39.8 Å². The molecule has 0 amide bonds. The van der Waals surface area contributed by atoms with Gasteiger partial charge < -0.3 is 9.88 Å². The molecule has 18 heavy (non-hydrogen) atoms. The lowest BCUT2D eigenvalue weighted by atomic mass is 9.85. The SMILES string of the molecule is Cn1ccnc1CN=C1NC(C(C)(C)C)CCS1. The molecule has 0 aromatic carbocycles. The number of imidazole rings is 1. The van der Waals surface area contributed by atoms with Gasteiger partial charge in [-0.15, -0.1) is 0 Å². The highest BCUT2D eigenvalue weighted by Crippen LogP contribution is 2.27. The predicted molar refractivity (Wildman–Crippen MR) is 77.8 cm³/mol. The van der Waals surface area contributed by atoms with E-state index in [0.29, 0.717) is 12.6 Å². The average molecular weight is 266 g/mol. The van der Waals surface area contributed by atoms with E-state index in [1.54, 1.807) is 0 Å². The van der Waals surface area contributed by atoms with E-state index in [-0.39, 0.29) is 5.41 Å². The van der Waals surface area contributed by atoms with Gasteiger partial charge in [-0.05, 0) is 11.8 Å². The van der Waals surface area contributed by atoms with Crippen LogP contribution >= 0.6 is 11.8 Å². The van der Waals surface area contributed by atoms with Crippen LogP contribution in [0.5, 0.6) is 0 Å². The maximum absolute atomic E-state index is 4.64. The fraction of sp³-hybridized carbons (Fsp3) is 0.692. The van der Waals surface area contributed by atoms with Crippen molar-refractivity contribution >= 4 is 16.9 Å². The smallest absolute Gasteiger partial charge is 0.157 e. The number of hydrogen-bond donors (Lipinski definition) is 1. The summed E-state index contributed by atoms with van der Waals surface area (Å²) in [6, 6.07) is 0.513. The van der Waals surface area contributed by atoms with Crippen LogP contribution in [0.15, 0.2) is 17.4 Å². The second-order valence-electron chi connectivity index (χ2n) is 5.78. The van der Waals surface area contributed by atoms with Crippen LogP contribution in [0.4, 0.5) is 0 Å². The summed E-state index contributed by atoms with van der Waals surface area (Å²) in [6.07, 6.45) is 4.97. The molecular formula is C13H22N4S. The van der Waals surface area contributed by atoms with Crippen LogP contribution in [-0.4, -0.2) is 26.5 Å². The fourth-order valence-electron chi connectivity index (χ4n) is 1.97. The lowest BCUT2D eigenvalue weighted by molar-refractivity contribution is 0.290. The van der Waals surface area contributed by atoms with Crippen molar-refractivity contribution in [2.75, 3.05) is 5.75 Å². The summed E-state index contributed by atoms with van der Waals surface area (Å²) in [5.41, 5.74) is 0.283. The van der Waals surface area contributed by atoms with Crippen molar-refractivity contribution in [2.24, 2.45) is 17.5 Å². The van der Waals surface area contributed by atoms with E-state index in [1.165, 1.54) is 6.42 Å². The molecule has 1 unspecified atom stereocenters. The number of nitrogens with zero attached hydrogens (tertiary/aromatic N) is 3. The lowest BCUT2D eigenvalue weighted by Gasteiger charge is -2.35. The molecule has 5 heteroatoms. The second-order valence-corrected chi connectivity index (χ2v) is 6.86. The van der Waals surface area contributed by atoms with Gasteiger partial charge in [0, 0.05) is 31.2 Å². The maximum Gasteiger partial charge on any atom is 0.157 e. The van der Waals surface area contributed by atoms with Crippen LogP contribution in [0.3, 0.4) is 0 Å². The normalized spacial score (nSPS) is 23.1. The molecule has 1 aliphatic rings. The Bertz CT molecular complexity index is 430. The number of aromatic nitrogens is 2. The summed E-state index contributed by atoms with van der Waals surface area (Å²) < 4.78 is 2.01. The van der Waals surface area contributed by atoms with Crippen LogP contribution < -0.4 is 5.32 Å². The molecule has 1 fully saturated rings. The molecule has 1 aromatic rings. The van der Waals surface area contributed by atoms with Crippen molar-refractivity contribution in [3.05, 3.63) is 18.2 Å². The van der Waals surface area contributed by atoms with Gasteiger partial charge in [0.25, 0.3) is 0 Å². The van der Waals surface area contributed by atoms with Crippen LogP contribution in [-0.2, 0) is 13.6 Å². The molecule has 4 nitrogen and oxygen atoms in total. The van der Waals surface area contributed by atoms with Gasteiger partial charge in [0.15, 0.2) is 5.17 Å². The Labute approximate surface area is 113 Å². The predicted octanol–water partition coefficient (Wildman–Crippen LogP) is 2.42. The van der Waals surface area contributed by atoms with Gasteiger partial charge >= 0.3 is 0 Å². The maximum atomic E-state index is 4.64. The summed E-state index contributed by atoms with van der Waals surface area (Å²) >= 11 is 1.81. The Balaban J connectivity index is 1.99. The molecule has 2 heterocycles. The standard InChI is InChI=1S/C13H22N4S/c1-13(2,3)10-5-8-18-12(16-10)15-9-11-14-6-7-17(11)4/h6-7,10H,5,8-9H2,1-4H3,(H,15,16). The summed E-state index contributed by atoms with van der Waals surface area (Å²) in [5, 5.41) is 4.61. The van der Waals surface area contributed by atoms with Crippen molar-refractivity contribution in [1.82, 2.24) is 14.9 Å². The minimum Gasteiger partial charge on any atom is -0.362 e. The quantitative estimate of drug-likeness (QED) is 0.894. The van der Waals surface area contributed by atoms with Crippen molar-refractivity contribution in [3.63, 3.8) is 0 Å². The van der Waals surface area contributed by atoms with E-state index in [9.17, 15) is 0 Å². The Hall–Kier alpha value is -0.970. The summed E-state index contributed by atoms with van der Waals surface area (Å²) in [4.78, 5) is 8.92. The zero-order valence-corrected chi connectivity index (χ0v) is 12.4. The summed E-state index contributed by atoms with van der Waals surface area (Å²) in [6.45, 7) is 7.47. The summed E-state index contributed by atoms with van der Waals surface area (Å²) in [7, 11) is 2.00. The number of hydrogen-bond acceptors (Lipinski definition) is 3. The molecule has 1 saturated heterocycles. The van der Waals surface area contributed by atoms with Gasteiger partial charge in [-0.3, -0.25) is 4.99 Å². The fourth-order valence-corrected chi connectivity index (χ4v) is 2.90. The number of rotatable bonds is 2. The third kappa shape index (κ3) is 3.28. The summed E-state index contributed by atoms with van der Waals surface area (Å²) in [5.74, 6) is 2.15. The minimum absolute atomic E-state index is 0.283. The topological polar surface area (TPSA) is 42.2 Å². The molecule has 1 aliphatic heterocycles. The highest BCUT2D eigenvalue weighted by atomic mass is 32.2. The molecule has 0 radical (unpaired) electrons. The van der Waals surface area contributed by atoms with Crippen LogP contribution in [0.1, 0.15) is 33.0 Å². The van der Waals surface area contributed by atoms with Gasteiger partial charge in [0.2, 0.25) is 0 Å². The van der Waals surface area contributed by atoms with Gasteiger partial charge in [0.1, 0.15) is 5.82 Å². The zero-order valence-electron chi connectivity index (χ0n) is 11.6. The number of thioether (sulfide) groups is 1. The van der Waals surface area contributed by atoms with E-state index < -0.39 is 0 Å². The third-order valence-electron chi connectivity index (χ3n) is 3.27. The first-order chi connectivity index (χ1) is 8.47. The molecule has 1 N–H and O–H groups in total. The first-order valence-electron chi connectivity index (χ1n) is 6.37. The molecule has 100 valence electrons. The molecule has 0 bridgehead atoms. The van der Waals surface area contributed by atoms with E-state index in [1.807, 2.05) is 35.8 Å². The number of amidine groups is 1. The second kappa shape index (κ2) is 5.34. The zero-order chi connectivity index (χ0) is 13.2. The van der Waals surface area contributed by atoms with Gasteiger partial charge in [-0.2, -0.15) is 0 Å². The number of aliphatic imine (C=N–C) groups is 1. The Morgan fingerprint density at radius 1 is 1.56 bits per heavy atom. The first-order valence-corrected chi connectivity index (χ1v) is 7.35. The monoisotopic (exact) mass is 266 g/mol. The highest BCUT2D eigenvalue weighted by molar-refractivity contribution is 8.13. The van der Waals surface area contributed by atoms with Crippen LogP contribution in [0.2, 0.25) is 0 Å². The lowest BCUT2D eigenvalue weighted by Crippen LogP contribution is -2.46. The highest BCUT2D eigenvalue weighted by Gasteiger charge is 2.28. The van der Waals surface area contributed by atoms with Gasteiger partial charge in [-0.1, -0.05) is 32.5 Å². The first kappa shape index (κ1) is 13.5. The van der Waals surface area contributed by atoms with Crippen LogP contribution in [0.25, 0.3) is 0 Å². The molecule has 1 aromatic heterocycles. The molecule has 1 atom stereocenters. The Morgan fingerprint density at radius 3 is 2.94 bits per heavy atom. The molecule has 0 aliphatic carbocycles. The molecule has 0 spiro atoms. The van der Waals surface area contributed by atoms with E-state index in [2.05, 4.69) is 36.1 Å². The molecular weight excluding hydrogens is 244 g/mol. The van der Waals surface area contributed by atoms with Crippen LogP contribution in [0, 0.1) is 5.41 Å². The number of aryl methyl sites for hydroxylation is 1. The van der Waals surface area contributed by atoms with Crippen molar-refractivity contribution in [3.8, 4) is 0 Å². The van der Waals surface area contributed by atoms with E-state index in [0.717, 1.165) is 16.7 Å². The average Bonchev–Trinajstić information content (AvgIpc) is 2.72. The van der Waals surface area contributed by atoms with Crippen molar-refractivity contribution < 1.29 is 0 Å². The number of nitrogens with one attached hydrogen (secondary N) is 1. The van der Waals surface area contributed by atoms with Crippen molar-refractivity contribution in [1.29, 1.82) is 0 Å². The Kier molecular flexibility index (Phi) is 4.00. The third-order valence-corrected chi connectivity index (χ3v) is 4.23. The minimum atomic E-state index is 0.283. The van der Waals surface area contributed by atoms with Gasteiger partial charge in [-0.25, -0.2) is 4.98 Å². The van der Waals surface area contributed by atoms with E-state index in [4.69, 9.17) is 0 Å².